The standard InChI is InChI=1S/C29H37N7O2S/c1-29(2,3)39(37,38)33-23-7-6-8-26(19-23)36-18-13-21-20-30-28(32-27(21)36)31-22-9-11-25(12-10-22)35-16-14-24(15-17-35)34(4)5/h6-13,18-20,24,33H,14-17H2,1-5H3,(H,30,31,32). The third kappa shape index (κ3) is 5.86. The fraction of sp³-hybridized carbons (Fsp3) is 0.379. The quantitative estimate of drug-likeness (QED) is 0.327. The molecule has 2 aromatic carbocycles. The van der Waals surface area contributed by atoms with Crippen molar-refractivity contribution in [1.29, 1.82) is 0 Å². The Hall–Kier alpha value is -3.63. The summed E-state index contributed by atoms with van der Waals surface area (Å²) in [4.78, 5) is 14.0. The summed E-state index contributed by atoms with van der Waals surface area (Å²) in [6, 6.07) is 18.3. The summed E-state index contributed by atoms with van der Waals surface area (Å²) in [5.41, 5.74) is 4.17. The van der Waals surface area contributed by atoms with E-state index in [-0.39, 0.29) is 0 Å². The van der Waals surface area contributed by atoms with Crippen molar-refractivity contribution >= 4 is 44.1 Å². The van der Waals surface area contributed by atoms with E-state index < -0.39 is 14.8 Å². The van der Waals surface area contributed by atoms with Crippen LogP contribution < -0.4 is 14.9 Å². The van der Waals surface area contributed by atoms with Gasteiger partial charge in [0.15, 0.2) is 0 Å². The van der Waals surface area contributed by atoms with Crippen molar-refractivity contribution in [2.75, 3.05) is 42.1 Å². The van der Waals surface area contributed by atoms with Crippen LogP contribution in [-0.4, -0.2) is 65.8 Å². The van der Waals surface area contributed by atoms with Crippen LogP contribution in [0.2, 0.25) is 0 Å². The molecule has 3 heterocycles. The largest absolute Gasteiger partial charge is 0.371 e. The van der Waals surface area contributed by atoms with Crippen LogP contribution >= 0.6 is 0 Å². The van der Waals surface area contributed by atoms with Gasteiger partial charge in [-0.2, -0.15) is 4.98 Å². The topological polar surface area (TPSA) is 95.4 Å². The number of nitrogens with zero attached hydrogens (tertiary/aromatic N) is 5. The molecule has 206 valence electrons. The maximum atomic E-state index is 12.6. The molecule has 0 bridgehead atoms. The Kier molecular flexibility index (Phi) is 7.26. The summed E-state index contributed by atoms with van der Waals surface area (Å²) in [7, 11) is 0.781. The third-order valence-electron chi connectivity index (χ3n) is 7.29. The number of piperidine rings is 1. The van der Waals surface area contributed by atoms with E-state index >= 15 is 0 Å². The number of hydrogen-bond acceptors (Lipinski definition) is 7. The molecule has 2 aromatic heterocycles. The van der Waals surface area contributed by atoms with Crippen LogP contribution in [0.4, 0.5) is 23.0 Å². The van der Waals surface area contributed by atoms with Crippen LogP contribution in [0.1, 0.15) is 33.6 Å². The molecular formula is C29H37N7O2S. The van der Waals surface area contributed by atoms with Gasteiger partial charge in [-0.3, -0.25) is 4.72 Å². The molecule has 0 radical (unpaired) electrons. The van der Waals surface area contributed by atoms with Gasteiger partial charge in [0.05, 0.1) is 10.4 Å². The maximum absolute atomic E-state index is 12.6. The van der Waals surface area contributed by atoms with Crippen molar-refractivity contribution < 1.29 is 8.42 Å². The molecule has 1 aliphatic heterocycles. The van der Waals surface area contributed by atoms with Crippen molar-refractivity contribution in [3.05, 3.63) is 67.0 Å². The molecule has 2 N–H and O–H groups in total. The second-order valence-corrected chi connectivity index (χ2v) is 13.7. The van der Waals surface area contributed by atoms with Crippen LogP contribution in [0.3, 0.4) is 0 Å². The molecule has 0 saturated carbocycles. The summed E-state index contributed by atoms with van der Waals surface area (Å²) >= 11 is 0. The monoisotopic (exact) mass is 547 g/mol. The normalized spacial score (nSPS) is 15.2. The predicted octanol–water partition coefficient (Wildman–Crippen LogP) is 5.23. The van der Waals surface area contributed by atoms with E-state index in [9.17, 15) is 8.42 Å². The van der Waals surface area contributed by atoms with Gasteiger partial charge >= 0.3 is 0 Å². The number of nitrogens with one attached hydrogen (secondary N) is 2. The van der Waals surface area contributed by atoms with Gasteiger partial charge < -0.3 is 19.7 Å². The highest BCUT2D eigenvalue weighted by Gasteiger charge is 2.29. The van der Waals surface area contributed by atoms with Gasteiger partial charge in [0.25, 0.3) is 0 Å². The molecule has 0 unspecified atom stereocenters. The van der Waals surface area contributed by atoms with E-state index in [0.29, 0.717) is 17.7 Å². The van der Waals surface area contributed by atoms with Crippen LogP contribution in [0, 0.1) is 0 Å². The van der Waals surface area contributed by atoms with Gasteiger partial charge in [0.1, 0.15) is 5.65 Å². The highest BCUT2D eigenvalue weighted by atomic mass is 32.2. The first kappa shape index (κ1) is 27.0. The summed E-state index contributed by atoms with van der Waals surface area (Å²) < 4.78 is 29.0. The second-order valence-electron chi connectivity index (χ2n) is 11.3. The number of sulfonamides is 1. The van der Waals surface area contributed by atoms with Crippen molar-refractivity contribution in [1.82, 2.24) is 19.4 Å². The zero-order valence-electron chi connectivity index (χ0n) is 23.2. The molecule has 39 heavy (non-hydrogen) atoms. The Morgan fingerprint density at radius 3 is 2.33 bits per heavy atom. The smallest absolute Gasteiger partial charge is 0.237 e. The average Bonchev–Trinajstić information content (AvgIpc) is 3.32. The molecule has 0 atom stereocenters. The van der Waals surface area contributed by atoms with Crippen LogP contribution in [0.25, 0.3) is 16.7 Å². The van der Waals surface area contributed by atoms with Gasteiger partial charge in [-0.25, -0.2) is 13.4 Å². The molecule has 1 fully saturated rings. The van der Waals surface area contributed by atoms with E-state index in [4.69, 9.17) is 4.98 Å². The maximum Gasteiger partial charge on any atom is 0.237 e. The molecule has 5 rings (SSSR count). The number of benzene rings is 2. The number of fused-ring (bicyclic) bond motifs is 1. The zero-order chi connectivity index (χ0) is 27.8. The van der Waals surface area contributed by atoms with Crippen molar-refractivity contribution in [3.63, 3.8) is 0 Å². The highest BCUT2D eigenvalue weighted by molar-refractivity contribution is 7.94. The molecule has 4 aromatic rings. The lowest BCUT2D eigenvalue weighted by molar-refractivity contribution is 0.249. The number of anilines is 4. The molecule has 1 aliphatic rings. The molecule has 0 aliphatic carbocycles. The molecular weight excluding hydrogens is 510 g/mol. The minimum atomic E-state index is -3.54. The van der Waals surface area contributed by atoms with Crippen molar-refractivity contribution in [2.24, 2.45) is 0 Å². The predicted molar refractivity (Wildman–Crippen MR) is 160 cm³/mol. The minimum absolute atomic E-state index is 0.492. The van der Waals surface area contributed by atoms with E-state index in [0.717, 1.165) is 35.5 Å². The lowest BCUT2D eigenvalue weighted by Gasteiger charge is -2.36. The Labute approximate surface area is 230 Å². The fourth-order valence-corrected chi connectivity index (χ4v) is 5.48. The van der Waals surface area contributed by atoms with Crippen molar-refractivity contribution in [3.8, 4) is 5.69 Å². The number of rotatable bonds is 7. The summed E-state index contributed by atoms with van der Waals surface area (Å²) in [5, 5.41) is 4.21. The minimum Gasteiger partial charge on any atom is -0.371 e. The molecule has 9 nitrogen and oxygen atoms in total. The zero-order valence-corrected chi connectivity index (χ0v) is 24.0. The molecule has 0 spiro atoms. The highest BCUT2D eigenvalue weighted by Crippen LogP contribution is 2.27. The second kappa shape index (κ2) is 10.5. The van der Waals surface area contributed by atoms with Gasteiger partial charge in [-0.05, 0) is 96.2 Å². The number of hydrogen-bond donors (Lipinski definition) is 2. The van der Waals surface area contributed by atoms with E-state index in [1.165, 1.54) is 18.5 Å². The molecule has 1 saturated heterocycles. The first-order chi connectivity index (χ1) is 18.5. The van der Waals surface area contributed by atoms with Gasteiger partial charge in [-0.15, -0.1) is 0 Å². The lowest BCUT2D eigenvalue weighted by Crippen LogP contribution is -2.41. The molecule has 0 amide bonds. The average molecular weight is 548 g/mol. The third-order valence-corrected chi connectivity index (χ3v) is 9.41. The fourth-order valence-electron chi connectivity index (χ4n) is 4.74. The summed E-state index contributed by atoms with van der Waals surface area (Å²) in [5.74, 6) is 0.492. The van der Waals surface area contributed by atoms with Crippen LogP contribution in [0.15, 0.2) is 67.0 Å². The Morgan fingerprint density at radius 2 is 1.67 bits per heavy atom. The van der Waals surface area contributed by atoms with E-state index in [2.05, 4.69) is 63.2 Å². The summed E-state index contributed by atoms with van der Waals surface area (Å²) in [6.45, 7) is 7.14. The van der Waals surface area contributed by atoms with Crippen LogP contribution in [-0.2, 0) is 10.0 Å². The lowest BCUT2D eigenvalue weighted by atomic mass is 10.0. The van der Waals surface area contributed by atoms with E-state index in [1.54, 1.807) is 39.1 Å². The van der Waals surface area contributed by atoms with Gasteiger partial charge in [-0.1, -0.05) is 6.07 Å². The first-order valence-electron chi connectivity index (χ1n) is 13.3. The van der Waals surface area contributed by atoms with Crippen molar-refractivity contribution in [2.45, 2.75) is 44.4 Å². The first-order valence-corrected chi connectivity index (χ1v) is 14.7. The number of aromatic nitrogens is 3. The Morgan fingerprint density at radius 1 is 0.949 bits per heavy atom. The Bertz CT molecular complexity index is 1550. The summed E-state index contributed by atoms with van der Waals surface area (Å²) in [6.07, 6.45) is 6.04. The van der Waals surface area contributed by atoms with Crippen LogP contribution in [0.5, 0.6) is 0 Å². The van der Waals surface area contributed by atoms with Gasteiger partial charge in [0.2, 0.25) is 16.0 Å². The van der Waals surface area contributed by atoms with Gasteiger partial charge in [0, 0.05) is 54.0 Å². The van der Waals surface area contributed by atoms with E-state index in [1.807, 2.05) is 29.0 Å². The Balaban J connectivity index is 1.33. The SMILES string of the molecule is CN(C)C1CCN(c2ccc(Nc3ncc4ccn(-c5cccc(NS(=O)(=O)C(C)(C)C)c5)c4n3)cc2)CC1. The molecule has 10 heteroatoms.